The number of nitrogens with zero attached hydrogens (tertiary/aromatic N) is 6. The topological polar surface area (TPSA) is 53.5 Å². The predicted molar refractivity (Wildman–Crippen MR) is 358 cm³/mol. The Morgan fingerprint density at radius 3 is 0.774 bits per heavy atom. The first-order valence-electron chi connectivity index (χ1n) is 28.2. The maximum absolute atomic E-state index is 5.36. The van der Waals surface area contributed by atoms with Gasteiger partial charge in [0.2, 0.25) is 0 Å². The number of rotatable bonds is 6. The van der Waals surface area contributed by atoms with Gasteiger partial charge in [-0.15, -0.1) is 34.0 Å². The van der Waals surface area contributed by atoms with E-state index >= 15 is 0 Å². The molecule has 0 saturated carbocycles. The van der Waals surface area contributed by atoms with E-state index in [0.29, 0.717) is 17.5 Å². The van der Waals surface area contributed by atoms with Crippen LogP contribution in [0.4, 0.5) is 0 Å². The number of thiophene rings is 3. The van der Waals surface area contributed by atoms with Crippen LogP contribution in [0.2, 0.25) is 0 Å². The van der Waals surface area contributed by atoms with Gasteiger partial charge in [0.1, 0.15) is 0 Å². The normalized spacial score (nSPS) is 12.3. The lowest BCUT2D eigenvalue weighted by Crippen LogP contribution is -2.01. The maximum Gasteiger partial charge on any atom is 0.164 e. The van der Waals surface area contributed by atoms with Gasteiger partial charge in [-0.1, -0.05) is 127 Å². The highest BCUT2D eigenvalue weighted by Crippen LogP contribution is 2.47. The largest absolute Gasteiger partial charge is 0.309 e. The number of aromatic nitrogens is 6. The molecule has 0 aliphatic rings. The zero-order chi connectivity index (χ0) is 54.7. The lowest BCUT2D eigenvalue weighted by Gasteiger charge is -2.13. The van der Waals surface area contributed by atoms with Crippen molar-refractivity contribution in [3.63, 3.8) is 0 Å². The summed E-state index contributed by atoms with van der Waals surface area (Å²) in [7, 11) is 0. The fourth-order valence-corrected chi connectivity index (χ4v) is 17.0. The monoisotopic (exact) mass is 1120 g/mol. The van der Waals surface area contributed by atoms with Crippen LogP contribution in [0, 0.1) is 0 Å². The van der Waals surface area contributed by atoms with Gasteiger partial charge >= 0.3 is 0 Å². The molecule has 0 aliphatic heterocycles. The molecule has 0 saturated heterocycles. The molecule has 0 spiro atoms. The molecule has 7 aromatic heterocycles. The molecule has 0 N–H and O–H groups in total. The van der Waals surface area contributed by atoms with Gasteiger partial charge in [-0.25, -0.2) is 15.0 Å². The standard InChI is InChI=1S/C75H42N6S3/c1-7-19-58-49(13-1)52-37-40-64-67(55-16-4-10-22-61(55)82-64)70(52)79(58)46-31-25-43(26-32-46)73-76-74(44-27-33-47(34-28-44)80-59-20-8-2-14-50(59)53-38-41-65-68(71(53)80)56-17-5-11-23-62(56)83-65)78-75(77-73)45-29-35-48(36-30-45)81-60-21-9-3-15-51(60)54-39-42-66-69(72(54)81)57-18-6-12-24-63(57)84-66/h1-42H. The molecule has 7 heterocycles. The van der Waals surface area contributed by atoms with Gasteiger partial charge in [-0.3, -0.25) is 0 Å². The van der Waals surface area contributed by atoms with E-state index in [1.807, 2.05) is 34.0 Å². The van der Waals surface area contributed by atoms with E-state index in [1.165, 1.54) is 126 Å². The fourth-order valence-electron chi connectivity index (χ4n) is 13.6. The van der Waals surface area contributed by atoms with E-state index < -0.39 is 0 Å². The highest BCUT2D eigenvalue weighted by molar-refractivity contribution is 7.26. The molecule has 6 nitrogen and oxygen atoms in total. The van der Waals surface area contributed by atoms with E-state index in [9.17, 15) is 0 Å². The number of hydrogen-bond acceptors (Lipinski definition) is 6. The molecule has 0 aliphatic carbocycles. The van der Waals surface area contributed by atoms with Crippen LogP contribution in [0.3, 0.4) is 0 Å². The summed E-state index contributed by atoms with van der Waals surface area (Å²) in [6.45, 7) is 0. The zero-order valence-corrected chi connectivity index (χ0v) is 47.1. The van der Waals surface area contributed by atoms with E-state index in [-0.39, 0.29) is 0 Å². The number of benzene rings is 12. The van der Waals surface area contributed by atoms with Crippen molar-refractivity contribution in [3.8, 4) is 51.2 Å². The Labute approximate surface area is 491 Å². The van der Waals surface area contributed by atoms with Gasteiger partial charge in [-0.05, 0) is 127 Å². The first-order valence-corrected chi connectivity index (χ1v) is 30.7. The van der Waals surface area contributed by atoms with Crippen LogP contribution in [-0.2, 0) is 0 Å². The van der Waals surface area contributed by atoms with E-state index in [1.54, 1.807) is 0 Å². The number of hydrogen-bond donors (Lipinski definition) is 0. The van der Waals surface area contributed by atoms with Gasteiger partial charge in [0.05, 0.1) is 33.1 Å². The van der Waals surface area contributed by atoms with Crippen molar-refractivity contribution in [2.45, 2.75) is 0 Å². The highest BCUT2D eigenvalue weighted by Gasteiger charge is 2.23. The quantitative estimate of drug-likeness (QED) is 0.167. The molecule has 12 aromatic carbocycles. The molecule has 84 heavy (non-hydrogen) atoms. The van der Waals surface area contributed by atoms with Gasteiger partial charge in [0.25, 0.3) is 0 Å². The second-order valence-electron chi connectivity index (χ2n) is 21.8. The Kier molecular flexibility index (Phi) is 9.71. The lowest BCUT2D eigenvalue weighted by molar-refractivity contribution is 1.07. The Balaban J connectivity index is 0.779. The third-order valence-electron chi connectivity index (χ3n) is 17.3. The van der Waals surface area contributed by atoms with Crippen molar-refractivity contribution in [2.24, 2.45) is 0 Å². The Bertz CT molecular complexity index is 5380. The SMILES string of the molecule is c1ccc2c(c1)sc1ccc3c4ccccc4n(-c4ccc(-c5nc(-c6ccc(-n7c8ccccc8c8ccc9sc%10ccccc%10c9c87)cc6)nc(-c6ccc(-n7c8ccccc8c8ccc9sc%10ccccc%10c9c87)cc6)n5)cc4)c3c12. The van der Waals surface area contributed by atoms with E-state index in [4.69, 9.17) is 15.0 Å². The number of fused-ring (bicyclic) bond motifs is 21. The lowest BCUT2D eigenvalue weighted by atomic mass is 10.1. The van der Waals surface area contributed by atoms with Crippen LogP contribution in [0.15, 0.2) is 255 Å². The Hall–Kier alpha value is -10.3. The molecule has 0 atom stereocenters. The van der Waals surface area contributed by atoms with E-state index in [2.05, 4.69) is 268 Å². The summed E-state index contributed by atoms with van der Waals surface area (Å²) in [5.74, 6) is 1.81. The smallest absolute Gasteiger partial charge is 0.164 e. The Morgan fingerprint density at radius 2 is 0.476 bits per heavy atom. The molecule has 390 valence electrons. The Morgan fingerprint density at radius 1 is 0.214 bits per heavy atom. The van der Waals surface area contributed by atoms with Crippen molar-refractivity contribution in [3.05, 3.63) is 255 Å². The van der Waals surface area contributed by atoms with Gasteiger partial charge in [-0.2, -0.15) is 0 Å². The molecule has 9 heteroatoms. The summed E-state index contributed by atoms with van der Waals surface area (Å²) >= 11 is 5.56. The minimum absolute atomic E-state index is 0.603. The first kappa shape index (κ1) is 46.3. The molecule has 19 aromatic rings. The molecular formula is C75H42N6S3. The minimum Gasteiger partial charge on any atom is -0.309 e. The second kappa shape index (κ2) is 17.6. The average molecular weight is 1120 g/mol. The molecule has 19 rings (SSSR count). The molecular weight excluding hydrogens is 1080 g/mol. The summed E-state index contributed by atoms with van der Waals surface area (Å²) in [4.78, 5) is 16.1. The van der Waals surface area contributed by atoms with Crippen LogP contribution in [-0.4, -0.2) is 28.7 Å². The van der Waals surface area contributed by atoms with Crippen LogP contribution in [0.25, 0.3) is 177 Å². The van der Waals surface area contributed by atoms with Gasteiger partial charge < -0.3 is 13.7 Å². The summed E-state index contributed by atoms with van der Waals surface area (Å²) in [6, 6.07) is 92.8. The summed E-state index contributed by atoms with van der Waals surface area (Å²) in [5, 5.41) is 15.1. The van der Waals surface area contributed by atoms with Crippen LogP contribution in [0.1, 0.15) is 0 Å². The van der Waals surface area contributed by atoms with Gasteiger partial charge in [0, 0.05) is 127 Å². The minimum atomic E-state index is 0.603. The van der Waals surface area contributed by atoms with Crippen molar-refractivity contribution >= 4 is 160 Å². The van der Waals surface area contributed by atoms with Crippen molar-refractivity contribution in [2.75, 3.05) is 0 Å². The summed E-state index contributed by atoms with van der Waals surface area (Å²) in [5.41, 5.74) is 13.1. The molecule has 0 unspecified atom stereocenters. The summed E-state index contributed by atoms with van der Waals surface area (Å²) < 4.78 is 15.0. The van der Waals surface area contributed by atoms with Gasteiger partial charge in [0.15, 0.2) is 17.5 Å². The van der Waals surface area contributed by atoms with Crippen molar-refractivity contribution < 1.29 is 0 Å². The zero-order valence-electron chi connectivity index (χ0n) is 44.7. The first-order chi connectivity index (χ1) is 41.6. The highest BCUT2D eigenvalue weighted by atomic mass is 32.1. The van der Waals surface area contributed by atoms with Crippen LogP contribution in [0.5, 0.6) is 0 Å². The molecule has 0 radical (unpaired) electrons. The average Bonchev–Trinajstić information content (AvgIpc) is 3.89. The number of para-hydroxylation sites is 3. The second-order valence-corrected chi connectivity index (χ2v) is 25.1. The summed E-state index contributed by atoms with van der Waals surface area (Å²) in [6.07, 6.45) is 0. The predicted octanol–water partition coefficient (Wildman–Crippen LogP) is 21.3. The molecule has 0 bridgehead atoms. The third-order valence-corrected chi connectivity index (χ3v) is 20.7. The van der Waals surface area contributed by atoms with Crippen molar-refractivity contribution in [1.82, 2.24) is 28.7 Å². The fraction of sp³-hybridized carbons (Fsp3) is 0. The van der Waals surface area contributed by atoms with Crippen LogP contribution >= 0.6 is 34.0 Å². The third kappa shape index (κ3) is 6.62. The molecule has 0 fully saturated rings. The molecule has 0 amide bonds. The maximum atomic E-state index is 5.36. The van der Waals surface area contributed by atoms with Crippen molar-refractivity contribution in [1.29, 1.82) is 0 Å². The van der Waals surface area contributed by atoms with E-state index in [0.717, 1.165) is 33.8 Å². The van der Waals surface area contributed by atoms with Crippen LogP contribution < -0.4 is 0 Å².